The number of ether oxygens (including phenoxy) is 4. The number of amides is 2. The van der Waals surface area contributed by atoms with E-state index in [4.69, 9.17) is 37.0 Å². The van der Waals surface area contributed by atoms with Gasteiger partial charge in [0.25, 0.3) is 0 Å². The largest absolute Gasteiger partial charge is 1.00 e. The minimum atomic E-state index is -4.82. The molecule has 0 aliphatic carbocycles. The van der Waals surface area contributed by atoms with Gasteiger partial charge in [-0.2, -0.15) is 0 Å². The number of carbonyl (C=O) groups excluding carboxylic acids is 5. The topological polar surface area (TPSA) is 329 Å². The average molecular weight is 1620 g/mol. The zero-order valence-corrected chi connectivity index (χ0v) is 76.9. The van der Waals surface area contributed by atoms with E-state index in [2.05, 4.69) is 62.2 Å². The number of urea groups is 1. The number of aliphatic imine (C=N–C) groups is 2. The molecule has 4 unspecified atom stereocenters. The van der Waals surface area contributed by atoms with Crippen LogP contribution >= 0.6 is 15.6 Å². The number of unbranched alkanes of at least 4 members (excludes halogenated alkanes) is 40. The van der Waals surface area contributed by atoms with E-state index in [9.17, 15) is 53.1 Å². The summed E-state index contributed by atoms with van der Waals surface area (Å²) in [6.07, 6.45) is 51.9. The van der Waals surface area contributed by atoms with Crippen molar-refractivity contribution < 1.29 is 149 Å². The number of Topliss-reactive ketones (excluding diaryl/α,β-unsaturated/α-hetero) is 2. The van der Waals surface area contributed by atoms with Gasteiger partial charge in [0, 0.05) is 64.5 Å². The molecule has 23 nitrogen and oxygen atoms in total. The van der Waals surface area contributed by atoms with Gasteiger partial charge in [0.1, 0.15) is 23.8 Å². The fourth-order valence-corrected chi connectivity index (χ4v) is 14.2. The van der Waals surface area contributed by atoms with E-state index in [0.717, 1.165) is 154 Å². The maximum absolute atomic E-state index is 13.2. The molecule has 0 aromatic rings. The molecule has 0 radical (unpaired) electrons. The van der Waals surface area contributed by atoms with Crippen LogP contribution in [0.2, 0.25) is 0 Å². The number of hydrogen-bond acceptors (Lipinski definition) is 19. The Morgan fingerprint density at radius 2 is 0.591 bits per heavy atom. The Labute approximate surface area is 712 Å². The van der Waals surface area contributed by atoms with Crippen LogP contribution < -0.4 is 80.0 Å². The van der Waals surface area contributed by atoms with Gasteiger partial charge in [-0.25, -0.2) is 13.9 Å². The summed E-state index contributed by atoms with van der Waals surface area (Å²) >= 11 is 0. The molecule has 0 saturated carbocycles. The van der Waals surface area contributed by atoms with E-state index in [0.29, 0.717) is 51.4 Å². The summed E-state index contributed by atoms with van der Waals surface area (Å²) in [5.41, 5.74) is 0. The van der Waals surface area contributed by atoms with Gasteiger partial charge in [-0.1, -0.05) is 298 Å². The summed E-state index contributed by atoms with van der Waals surface area (Å²) in [4.78, 5) is 94.3. The molecule has 0 saturated heterocycles. The summed E-state index contributed by atoms with van der Waals surface area (Å²) in [6.45, 7) is 10.2. The quantitative estimate of drug-likeness (QED) is 0.0110. The fourth-order valence-electron chi connectivity index (χ4n) is 12.7. The van der Waals surface area contributed by atoms with Crippen molar-refractivity contribution in [1.29, 1.82) is 0 Å². The van der Waals surface area contributed by atoms with Crippen LogP contribution in [0.4, 0.5) is 4.79 Å². The predicted octanol–water partition coefficient (Wildman–Crippen LogP) is 13.8. The Balaban J connectivity index is -0.0000572. The van der Waals surface area contributed by atoms with Crippen molar-refractivity contribution >= 4 is 57.0 Å². The zero-order valence-electron chi connectivity index (χ0n) is 71.1. The first-order valence-electron chi connectivity index (χ1n) is 43.6. The van der Waals surface area contributed by atoms with Crippen molar-refractivity contribution in [3.05, 3.63) is 0 Å². The van der Waals surface area contributed by atoms with E-state index in [1.54, 1.807) is 0 Å². The van der Waals surface area contributed by atoms with E-state index >= 15 is 0 Å². The van der Waals surface area contributed by atoms with Gasteiger partial charge in [-0.3, -0.25) is 47.3 Å². The van der Waals surface area contributed by atoms with Gasteiger partial charge < -0.3 is 49.6 Å². The second-order valence-corrected chi connectivity index (χ2v) is 32.7. The van der Waals surface area contributed by atoms with Crippen molar-refractivity contribution in [2.45, 2.75) is 425 Å². The standard InChI is InChI=1S/C83H160N4O19P2.2Na/c1-7-13-19-25-29-33-37-43-47-53-75(88)67-79(90)86-73(69-99-63-59-77(55-49-41-23-17-11-5)105-81(92)57-51-45-39-35-31-27-21-15-9-3)71-103-107(95,96)101-65-61-84-83(94)85-62-66-102-108(97,98)104-72-74(87-80(91)68-76(89)54-48-44-38-34-30-26-20-14-8-2)70-100-64-60-78(56-50-42-24-18-12-6)106-82(93)58-52-46-40-36-32-28-22-16-10-4;;/h73-74,77-78H,7-72H2,1-6H3,(H,86,90)(H,87,91)(H,95,96)(H,97,98)(H2,84,85,94);;/q;2*+1/p-2/t73?,74?,77-,78-;;/m1../s1. The molecule has 0 heterocycles. The van der Waals surface area contributed by atoms with E-state index in [-0.39, 0.29) is 147 Å². The fraction of sp³-hybridized carbons (Fsp3) is 0.916. The van der Waals surface area contributed by atoms with Crippen LogP contribution in [0.1, 0.15) is 401 Å². The van der Waals surface area contributed by atoms with Crippen molar-refractivity contribution in [3.8, 4) is 0 Å². The van der Waals surface area contributed by atoms with Crippen molar-refractivity contribution in [2.24, 2.45) is 9.98 Å². The molecular weight excluding hydrogens is 1460 g/mol. The molecule has 0 aromatic carbocycles. The Kier molecular flexibility index (Phi) is 84.8. The Bertz CT molecular complexity index is 2170. The number of carbonyl (C=O) groups is 5. The SMILES string of the molecule is CCCCCCCCCCCC(=O)CC([O-])=NC(COCC[C@@H](CCCCCCC)OC(=O)CCCCCCCCCCC)COP(=O)(O)OCCNC(=O)NCCOP(=O)(O)OCC(COCC[C@@H](CCCCCCC)OC(=O)CCCCCCCCCCC)N=C([O-])CC(=O)CCCCCCCCCCC.[Na+].[Na+]. The Hall–Kier alpha value is -1.37. The van der Waals surface area contributed by atoms with Crippen LogP contribution in [0.15, 0.2) is 9.98 Å². The summed E-state index contributed by atoms with van der Waals surface area (Å²) in [5, 5.41) is 31.3. The normalized spacial score (nSPS) is 14.0. The first-order valence-corrected chi connectivity index (χ1v) is 46.6. The molecule has 0 spiro atoms. The number of hydrogen-bond donors (Lipinski definition) is 4. The van der Waals surface area contributed by atoms with Gasteiger partial charge in [0.05, 0.1) is 64.9 Å². The third kappa shape index (κ3) is 79.1. The maximum atomic E-state index is 13.2. The molecule has 4 N–H and O–H groups in total. The monoisotopic (exact) mass is 1620 g/mol. The minimum Gasteiger partial charge on any atom is -0.862 e. The molecule has 636 valence electrons. The van der Waals surface area contributed by atoms with Crippen LogP contribution in [0, 0.1) is 0 Å². The minimum absolute atomic E-state index is 0. The molecule has 0 bridgehead atoms. The van der Waals surface area contributed by atoms with Crippen molar-refractivity contribution in [1.82, 2.24) is 10.6 Å². The molecule has 6 atom stereocenters. The predicted molar refractivity (Wildman–Crippen MR) is 431 cm³/mol. The summed E-state index contributed by atoms with van der Waals surface area (Å²) < 4.78 is 71.0. The number of ketones is 2. The van der Waals surface area contributed by atoms with E-state index in [1.807, 2.05) is 0 Å². The Morgan fingerprint density at radius 1 is 0.336 bits per heavy atom. The van der Waals surface area contributed by atoms with Crippen LogP contribution in [-0.2, 0) is 65.4 Å². The van der Waals surface area contributed by atoms with Gasteiger partial charge in [0.15, 0.2) is 0 Å². The molecule has 27 heteroatoms. The van der Waals surface area contributed by atoms with Gasteiger partial charge in [-0.15, -0.1) is 0 Å². The molecule has 0 aromatic heterocycles. The number of nitrogens with zero attached hydrogens (tertiary/aromatic N) is 2. The third-order valence-corrected chi connectivity index (χ3v) is 21.2. The van der Waals surface area contributed by atoms with Gasteiger partial charge in [0.2, 0.25) is 0 Å². The number of rotatable bonds is 84. The average Bonchev–Trinajstić information content (AvgIpc) is 0.912. The number of phosphoric acid groups is 2. The summed E-state index contributed by atoms with van der Waals surface area (Å²) in [5.74, 6) is -2.42. The summed E-state index contributed by atoms with van der Waals surface area (Å²) in [6, 6.07) is -2.99. The van der Waals surface area contributed by atoms with Crippen LogP contribution in [0.25, 0.3) is 0 Å². The number of phosphoric ester groups is 2. The summed E-state index contributed by atoms with van der Waals surface area (Å²) in [7, 11) is -9.64. The molecule has 0 aliphatic heterocycles. The maximum Gasteiger partial charge on any atom is 1.00 e. The smallest absolute Gasteiger partial charge is 0.862 e. The number of esters is 2. The molecule has 0 aliphatic rings. The van der Waals surface area contributed by atoms with Gasteiger partial charge in [-0.05, 0) is 63.2 Å². The molecule has 2 amide bonds. The Morgan fingerprint density at radius 3 is 0.873 bits per heavy atom. The first kappa shape index (κ1) is 113. The van der Waals surface area contributed by atoms with Crippen molar-refractivity contribution in [3.63, 3.8) is 0 Å². The molecular formula is C83H158N4Na2O19P2. The van der Waals surface area contributed by atoms with Crippen LogP contribution in [0.3, 0.4) is 0 Å². The second kappa shape index (κ2) is 82.7. The van der Waals surface area contributed by atoms with Gasteiger partial charge >= 0.3 is 92.7 Å². The van der Waals surface area contributed by atoms with E-state index < -0.39 is 84.8 Å². The molecule has 110 heavy (non-hydrogen) atoms. The number of nitrogens with one attached hydrogen (secondary N) is 2. The molecule has 0 fully saturated rings. The second-order valence-electron chi connectivity index (χ2n) is 29.8. The van der Waals surface area contributed by atoms with E-state index in [1.165, 1.54) is 128 Å². The molecule has 0 rings (SSSR count). The van der Waals surface area contributed by atoms with Crippen LogP contribution in [-0.4, -0.2) is 141 Å². The van der Waals surface area contributed by atoms with Crippen molar-refractivity contribution in [2.75, 3.05) is 65.9 Å². The third-order valence-electron chi connectivity index (χ3n) is 19.2. The van der Waals surface area contributed by atoms with Crippen LogP contribution in [0.5, 0.6) is 0 Å². The zero-order chi connectivity index (χ0) is 79.5. The first-order chi connectivity index (χ1) is 52.3.